The lowest BCUT2D eigenvalue weighted by Crippen LogP contribution is -2.32. The van der Waals surface area contributed by atoms with Gasteiger partial charge in [0.25, 0.3) is 0 Å². The van der Waals surface area contributed by atoms with Crippen LogP contribution in [0.25, 0.3) is 0 Å². The number of hydrogen-bond acceptors (Lipinski definition) is 2. The van der Waals surface area contributed by atoms with Gasteiger partial charge in [-0.05, 0) is 0 Å². The zero-order valence-electron chi connectivity index (χ0n) is 5.91. The molecule has 0 unspecified atom stereocenters. The second kappa shape index (κ2) is 2.71. The Kier molecular flexibility index (Phi) is 1.56. The zero-order valence-corrected chi connectivity index (χ0v) is 7.33. The second-order valence-electron chi connectivity index (χ2n) is 2.25. The van der Waals surface area contributed by atoms with E-state index in [1.807, 2.05) is 12.4 Å². The van der Waals surface area contributed by atoms with Crippen molar-refractivity contribution in [3.63, 3.8) is 0 Å². The number of nitrogens with zero attached hydrogens (tertiary/aromatic N) is 2. The molecule has 0 saturated heterocycles. The van der Waals surface area contributed by atoms with E-state index in [-0.39, 0.29) is 0 Å². The van der Waals surface area contributed by atoms with Crippen LogP contribution in [0.3, 0.4) is 0 Å². The predicted octanol–water partition coefficient (Wildman–Crippen LogP) is -1.75. The van der Waals surface area contributed by atoms with Crippen molar-refractivity contribution in [2.24, 2.45) is 0 Å². The van der Waals surface area contributed by atoms with Crippen LogP contribution in [0, 0.1) is 0 Å². The largest absolute Gasteiger partial charge is 0.353 e. The van der Waals surface area contributed by atoms with Gasteiger partial charge in [0.15, 0.2) is 9.52 Å². The van der Waals surface area contributed by atoms with Gasteiger partial charge in [-0.25, -0.2) is 9.97 Å². The molecule has 5 heteroatoms. The maximum atomic E-state index is 4.14. The minimum Gasteiger partial charge on any atom is -0.353 e. The Morgan fingerprint density at radius 1 is 1.00 bits per heavy atom. The molecule has 0 fully saturated rings. The molecule has 2 rings (SSSR count). The first kappa shape index (κ1) is 6.35. The van der Waals surface area contributed by atoms with Crippen molar-refractivity contribution >= 4 is 20.4 Å². The van der Waals surface area contributed by atoms with Gasteiger partial charge in [-0.1, -0.05) is 0 Å². The van der Waals surface area contributed by atoms with Crippen LogP contribution in [0.15, 0.2) is 24.8 Å². The van der Waals surface area contributed by atoms with Gasteiger partial charge in [0.2, 0.25) is 0 Å². The molecule has 0 aliphatic rings. The molecule has 0 aliphatic heterocycles. The lowest BCUT2D eigenvalue weighted by atomic mass is 11.0. The second-order valence-corrected chi connectivity index (χ2v) is 3.94. The molecule has 0 atom stereocenters. The van der Waals surface area contributed by atoms with Gasteiger partial charge in [-0.3, -0.25) is 0 Å². The third-order valence-electron chi connectivity index (χ3n) is 1.44. The molecule has 0 spiro atoms. The third-order valence-corrected chi connectivity index (χ3v) is 2.89. The van der Waals surface area contributed by atoms with Crippen molar-refractivity contribution in [2.75, 3.05) is 0 Å². The van der Waals surface area contributed by atoms with Gasteiger partial charge in [-0.2, -0.15) is 0 Å². The van der Waals surface area contributed by atoms with Crippen molar-refractivity contribution in [1.82, 2.24) is 19.9 Å². The highest BCUT2D eigenvalue weighted by Crippen LogP contribution is 1.69. The number of hydrogen-bond donors (Lipinski definition) is 2. The van der Waals surface area contributed by atoms with Crippen LogP contribution < -0.4 is 10.9 Å². The maximum Gasteiger partial charge on any atom is 0.176 e. The first-order valence-electron chi connectivity index (χ1n) is 3.41. The number of imidazole rings is 2. The van der Waals surface area contributed by atoms with Crippen molar-refractivity contribution in [2.45, 2.75) is 0 Å². The number of rotatable bonds is 2. The quantitative estimate of drug-likeness (QED) is 0.517. The summed E-state index contributed by atoms with van der Waals surface area (Å²) in [5, 5.41) is 0. The number of H-pyrrole nitrogens is 2. The highest BCUT2D eigenvalue weighted by atomic mass is 28.2. The van der Waals surface area contributed by atoms with Crippen LogP contribution in [0.4, 0.5) is 0 Å². The van der Waals surface area contributed by atoms with E-state index in [0.717, 1.165) is 10.9 Å². The first-order valence-corrected chi connectivity index (χ1v) is 4.83. The van der Waals surface area contributed by atoms with Crippen LogP contribution in [0.2, 0.25) is 0 Å². The summed E-state index contributed by atoms with van der Waals surface area (Å²) in [6, 6.07) is 0. The summed E-state index contributed by atoms with van der Waals surface area (Å²) in [5.74, 6) is 0. The molecule has 2 heterocycles. The molecule has 0 amide bonds. The molecule has 0 saturated carbocycles. The molecule has 2 aromatic heterocycles. The van der Waals surface area contributed by atoms with Crippen molar-refractivity contribution in [3.05, 3.63) is 24.8 Å². The summed E-state index contributed by atoms with van der Waals surface area (Å²) in [6.07, 6.45) is 7.22. The molecule has 0 aromatic carbocycles. The summed E-state index contributed by atoms with van der Waals surface area (Å²) in [6.45, 7) is 0. The van der Waals surface area contributed by atoms with E-state index in [9.17, 15) is 0 Å². The fourth-order valence-corrected chi connectivity index (χ4v) is 2.10. The molecular weight excluding hydrogens is 156 g/mol. The Balaban J connectivity index is 2.14. The maximum absolute atomic E-state index is 4.14. The van der Waals surface area contributed by atoms with E-state index in [0.29, 0.717) is 0 Å². The lowest BCUT2D eigenvalue weighted by Gasteiger charge is -1.88. The summed E-state index contributed by atoms with van der Waals surface area (Å²) in [7, 11) is -0.483. The molecule has 0 aliphatic carbocycles. The molecular formula is C6H8N4Si. The number of aromatic nitrogens is 4. The van der Waals surface area contributed by atoms with E-state index in [2.05, 4.69) is 19.9 Å². The summed E-state index contributed by atoms with van der Waals surface area (Å²) in [4.78, 5) is 14.4. The fourth-order valence-electron chi connectivity index (χ4n) is 0.948. The Bertz CT molecular complexity index is 267. The van der Waals surface area contributed by atoms with Crippen LogP contribution in [-0.2, 0) is 0 Å². The Hall–Kier alpha value is -1.36. The molecule has 2 N–H and O–H groups in total. The first-order chi connectivity index (χ1) is 5.45. The van der Waals surface area contributed by atoms with Gasteiger partial charge >= 0.3 is 0 Å². The van der Waals surface area contributed by atoms with E-state index in [4.69, 9.17) is 0 Å². The Morgan fingerprint density at radius 3 is 1.91 bits per heavy atom. The van der Waals surface area contributed by atoms with Crippen molar-refractivity contribution in [1.29, 1.82) is 0 Å². The monoisotopic (exact) mass is 164 g/mol. The van der Waals surface area contributed by atoms with Gasteiger partial charge in [0, 0.05) is 24.8 Å². The number of nitrogens with one attached hydrogen (secondary N) is 2. The highest BCUT2D eigenvalue weighted by molar-refractivity contribution is 6.64. The Labute approximate surface area is 65.9 Å². The molecule has 2 aromatic rings. The fraction of sp³-hybridized carbons (Fsp3) is 0. The Morgan fingerprint density at radius 2 is 1.55 bits per heavy atom. The minimum atomic E-state index is -0.483. The van der Waals surface area contributed by atoms with E-state index in [1.54, 1.807) is 12.4 Å². The summed E-state index contributed by atoms with van der Waals surface area (Å²) in [5.41, 5.74) is 2.14. The third kappa shape index (κ3) is 1.37. The molecule has 56 valence electrons. The zero-order chi connectivity index (χ0) is 7.52. The minimum absolute atomic E-state index is 0.483. The van der Waals surface area contributed by atoms with Crippen molar-refractivity contribution < 1.29 is 0 Å². The van der Waals surface area contributed by atoms with Crippen molar-refractivity contribution in [3.8, 4) is 0 Å². The van der Waals surface area contributed by atoms with Crippen LogP contribution in [-0.4, -0.2) is 29.5 Å². The van der Waals surface area contributed by atoms with Crippen LogP contribution in [0.1, 0.15) is 0 Å². The molecule has 0 radical (unpaired) electrons. The van der Waals surface area contributed by atoms with Gasteiger partial charge < -0.3 is 9.97 Å². The number of aromatic amines is 2. The lowest BCUT2D eigenvalue weighted by molar-refractivity contribution is 1.37. The topological polar surface area (TPSA) is 57.4 Å². The van der Waals surface area contributed by atoms with Crippen LogP contribution in [0.5, 0.6) is 0 Å². The molecule has 4 nitrogen and oxygen atoms in total. The average Bonchev–Trinajstić information content (AvgIpc) is 2.60. The van der Waals surface area contributed by atoms with Gasteiger partial charge in [0.1, 0.15) is 0 Å². The van der Waals surface area contributed by atoms with E-state index >= 15 is 0 Å². The average molecular weight is 164 g/mol. The predicted molar refractivity (Wildman–Crippen MR) is 45.0 cm³/mol. The smallest absolute Gasteiger partial charge is 0.176 e. The van der Waals surface area contributed by atoms with E-state index < -0.39 is 9.52 Å². The molecule has 0 bridgehead atoms. The van der Waals surface area contributed by atoms with E-state index in [1.165, 1.54) is 0 Å². The standard InChI is InChI=1S/C6H8N4Si/c1-2-8-5(7-1)11-6-9-3-4-10-6/h1-4H,11H2,(H,7,8)(H,9,10). The van der Waals surface area contributed by atoms with Crippen LogP contribution >= 0.6 is 0 Å². The SMILES string of the molecule is c1c[nH]c([SiH2]c2ncc[nH]2)n1. The summed E-state index contributed by atoms with van der Waals surface area (Å²) >= 11 is 0. The normalized spacial score (nSPS) is 10.2. The summed E-state index contributed by atoms with van der Waals surface area (Å²) < 4.78 is 0. The van der Waals surface area contributed by atoms with Gasteiger partial charge in [0.05, 0.1) is 10.9 Å². The molecule has 11 heavy (non-hydrogen) atoms. The van der Waals surface area contributed by atoms with Gasteiger partial charge in [-0.15, -0.1) is 0 Å². The highest BCUT2D eigenvalue weighted by Gasteiger charge is 1.99.